The molecule has 8 nitrogen and oxygen atoms in total. The number of ketones is 2. The lowest BCUT2D eigenvalue weighted by molar-refractivity contribution is -0.143. The number of Topliss-reactive ketones (excluding diaryl/α,β-unsaturated/α-hetero) is 2. The van der Waals surface area contributed by atoms with Crippen molar-refractivity contribution in [2.45, 2.75) is 85.9 Å². The third kappa shape index (κ3) is 6.21. The Balaban J connectivity index is 1.44. The lowest BCUT2D eigenvalue weighted by Gasteiger charge is -2.29. The molecule has 0 spiro atoms. The molecule has 3 atom stereocenters. The van der Waals surface area contributed by atoms with Crippen LogP contribution in [0.25, 0.3) is 0 Å². The van der Waals surface area contributed by atoms with E-state index in [0.29, 0.717) is 25.7 Å². The van der Waals surface area contributed by atoms with E-state index < -0.39 is 49.9 Å². The quantitative estimate of drug-likeness (QED) is 0.323. The van der Waals surface area contributed by atoms with E-state index in [4.69, 9.17) is 11.6 Å². The summed E-state index contributed by atoms with van der Waals surface area (Å²) in [5.41, 5.74) is -0.0134. The first kappa shape index (κ1) is 30.9. The average Bonchev–Trinajstić information content (AvgIpc) is 3.90. The minimum Gasteiger partial charge on any atom is -0.347 e. The first-order valence-electron chi connectivity index (χ1n) is 14.4. The lowest BCUT2D eigenvalue weighted by Crippen LogP contribution is -2.47. The highest BCUT2D eigenvalue weighted by atomic mass is 79.9. The number of nitrogens with zero attached hydrogens (tertiary/aromatic N) is 1. The summed E-state index contributed by atoms with van der Waals surface area (Å²) in [6.07, 6.45) is 3.43. The highest BCUT2D eigenvalue weighted by Crippen LogP contribution is 2.51. The molecule has 224 valence electrons. The minimum absolute atomic E-state index is 0.00601. The van der Waals surface area contributed by atoms with Crippen molar-refractivity contribution in [1.29, 1.82) is 0 Å². The molecule has 0 radical (unpaired) electrons. The smallest absolute Gasteiger partial charge is 0.287 e. The van der Waals surface area contributed by atoms with Gasteiger partial charge in [-0.25, -0.2) is 8.42 Å². The molecule has 5 rings (SSSR count). The van der Waals surface area contributed by atoms with Gasteiger partial charge in [-0.1, -0.05) is 65.1 Å². The molecule has 11 heteroatoms. The number of carbonyl (C=O) groups excluding carboxylic acids is 4. The van der Waals surface area contributed by atoms with E-state index in [9.17, 15) is 27.6 Å². The summed E-state index contributed by atoms with van der Waals surface area (Å²) in [4.78, 5) is 55.1. The van der Waals surface area contributed by atoms with Gasteiger partial charge in [0.1, 0.15) is 0 Å². The number of halogens is 2. The van der Waals surface area contributed by atoms with Gasteiger partial charge in [-0.05, 0) is 68.4 Å². The Kier molecular flexibility index (Phi) is 8.98. The number of hydrogen-bond acceptors (Lipinski definition) is 6. The van der Waals surface area contributed by atoms with Crippen LogP contribution < -0.4 is 5.32 Å². The van der Waals surface area contributed by atoms with Gasteiger partial charge >= 0.3 is 0 Å². The van der Waals surface area contributed by atoms with Crippen LogP contribution in [0.5, 0.6) is 0 Å². The zero-order valence-electron chi connectivity index (χ0n) is 23.4. The van der Waals surface area contributed by atoms with Gasteiger partial charge in [0, 0.05) is 29.4 Å². The molecular formula is C31H34BrClN2O6S. The number of nitrogens with one attached hydrogen (secondary N) is 1. The Labute approximate surface area is 259 Å². The SMILES string of the molecule is CCC[C@H](CC(=O)[C@@H]1C[C@@H](S(=O)(=O)c2ccccc2Cl)CN1C(=O)C1(c2ccc(Br)cc2)CC1)C(=O)C(=O)NC1CC1. The largest absolute Gasteiger partial charge is 0.347 e. The van der Waals surface area contributed by atoms with Gasteiger partial charge in [0.05, 0.1) is 26.6 Å². The van der Waals surface area contributed by atoms with Crippen molar-refractivity contribution >= 4 is 60.7 Å². The second-order valence-electron chi connectivity index (χ2n) is 11.7. The second kappa shape index (κ2) is 12.2. The van der Waals surface area contributed by atoms with Crippen molar-refractivity contribution in [2.24, 2.45) is 5.92 Å². The van der Waals surface area contributed by atoms with Crippen molar-refractivity contribution in [1.82, 2.24) is 10.2 Å². The fraction of sp³-hybridized carbons (Fsp3) is 0.484. The van der Waals surface area contributed by atoms with Crippen LogP contribution in [0.1, 0.15) is 63.9 Å². The summed E-state index contributed by atoms with van der Waals surface area (Å²) in [5.74, 6) is -2.85. The minimum atomic E-state index is -3.99. The average molecular weight is 678 g/mol. The molecule has 2 aromatic rings. The monoisotopic (exact) mass is 676 g/mol. The Morgan fingerprint density at radius 1 is 1.07 bits per heavy atom. The van der Waals surface area contributed by atoms with Crippen molar-refractivity contribution in [3.8, 4) is 0 Å². The van der Waals surface area contributed by atoms with Gasteiger partial charge in [-0.15, -0.1) is 0 Å². The Hall–Kier alpha value is -2.56. The van der Waals surface area contributed by atoms with Gasteiger partial charge in [0.15, 0.2) is 15.6 Å². The predicted octanol–water partition coefficient (Wildman–Crippen LogP) is 4.80. The van der Waals surface area contributed by atoms with E-state index >= 15 is 0 Å². The number of sulfone groups is 1. The zero-order chi connectivity index (χ0) is 30.2. The van der Waals surface area contributed by atoms with Crippen molar-refractivity contribution in [3.05, 3.63) is 63.6 Å². The summed E-state index contributed by atoms with van der Waals surface area (Å²) >= 11 is 9.69. The summed E-state index contributed by atoms with van der Waals surface area (Å²) in [5, 5.41) is 1.73. The molecule has 0 bridgehead atoms. The number of likely N-dealkylation sites (tertiary alicyclic amines) is 1. The molecule has 2 saturated carbocycles. The molecule has 3 aliphatic rings. The van der Waals surface area contributed by atoms with Crippen molar-refractivity contribution < 1.29 is 27.6 Å². The van der Waals surface area contributed by atoms with Crippen LogP contribution in [0.4, 0.5) is 0 Å². The summed E-state index contributed by atoms with van der Waals surface area (Å²) in [6, 6.07) is 12.6. The van der Waals surface area contributed by atoms with Gasteiger partial charge in [-0.3, -0.25) is 19.2 Å². The molecule has 3 fully saturated rings. The molecule has 1 aliphatic heterocycles. The Morgan fingerprint density at radius 2 is 1.74 bits per heavy atom. The number of hydrogen-bond donors (Lipinski definition) is 1. The lowest BCUT2D eigenvalue weighted by atomic mass is 9.89. The zero-order valence-corrected chi connectivity index (χ0v) is 26.5. The summed E-state index contributed by atoms with van der Waals surface area (Å²) < 4.78 is 28.4. The van der Waals surface area contributed by atoms with Crippen LogP contribution in [-0.2, 0) is 34.4 Å². The van der Waals surface area contributed by atoms with E-state index in [1.807, 2.05) is 31.2 Å². The van der Waals surface area contributed by atoms with Crippen LogP contribution in [0.2, 0.25) is 5.02 Å². The summed E-state index contributed by atoms with van der Waals surface area (Å²) in [7, 11) is -3.99. The highest BCUT2D eigenvalue weighted by molar-refractivity contribution is 9.10. The molecule has 0 unspecified atom stereocenters. The molecular weight excluding hydrogens is 644 g/mol. The molecule has 0 aromatic heterocycles. The van der Waals surface area contributed by atoms with E-state index in [1.54, 1.807) is 12.1 Å². The molecule has 42 heavy (non-hydrogen) atoms. The third-order valence-electron chi connectivity index (χ3n) is 8.63. The van der Waals surface area contributed by atoms with E-state index in [0.717, 1.165) is 22.9 Å². The first-order valence-corrected chi connectivity index (χ1v) is 17.1. The number of rotatable bonds is 12. The van der Waals surface area contributed by atoms with Gasteiger partial charge in [0.2, 0.25) is 11.7 Å². The Bertz CT molecular complexity index is 1500. The number of amides is 2. The van der Waals surface area contributed by atoms with Crippen LogP contribution >= 0.6 is 27.5 Å². The fourth-order valence-electron chi connectivity index (χ4n) is 5.92. The van der Waals surface area contributed by atoms with E-state index in [-0.39, 0.29) is 41.3 Å². The maximum absolute atomic E-state index is 14.2. The van der Waals surface area contributed by atoms with Gasteiger partial charge < -0.3 is 10.2 Å². The van der Waals surface area contributed by atoms with Crippen molar-refractivity contribution in [3.63, 3.8) is 0 Å². The number of benzene rings is 2. The maximum atomic E-state index is 14.2. The maximum Gasteiger partial charge on any atom is 0.287 e. The standard InChI is InChI=1S/C31H34BrClN2O6S/c1-2-5-19(28(37)29(38)34-22-12-13-22)16-26(36)25-17-23(42(40,41)27-7-4-3-6-24(27)33)18-35(25)30(39)31(14-15-31)20-8-10-21(32)11-9-20/h3-4,6-11,19,22-23,25H,2,5,12-18H2,1H3,(H,34,38)/t19-,23-,25+/m1/s1. The van der Waals surface area contributed by atoms with Crippen LogP contribution in [-0.4, -0.2) is 60.6 Å². The molecule has 2 aliphatic carbocycles. The fourth-order valence-corrected chi connectivity index (χ4v) is 8.41. The molecule has 2 amide bonds. The normalized spacial score (nSPS) is 21.9. The molecule has 1 saturated heterocycles. The topological polar surface area (TPSA) is 118 Å². The molecule has 2 aromatic carbocycles. The summed E-state index contributed by atoms with van der Waals surface area (Å²) in [6.45, 7) is 1.71. The number of carbonyl (C=O) groups is 4. The van der Waals surface area contributed by atoms with Crippen LogP contribution in [0, 0.1) is 5.92 Å². The van der Waals surface area contributed by atoms with Crippen LogP contribution in [0.3, 0.4) is 0 Å². The van der Waals surface area contributed by atoms with Crippen LogP contribution in [0.15, 0.2) is 57.9 Å². The Morgan fingerprint density at radius 3 is 2.33 bits per heavy atom. The van der Waals surface area contributed by atoms with E-state index in [1.165, 1.54) is 17.0 Å². The molecule has 1 heterocycles. The molecule has 1 N–H and O–H groups in total. The predicted molar refractivity (Wildman–Crippen MR) is 162 cm³/mol. The van der Waals surface area contributed by atoms with E-state index in [2.05, 4.69) is 21.2 Å². The second-order valence-corrected chi connectivity index (χ2v) is 15.2. The van der Waals surface area contributed by atoms with Crippen molar-refractivity contribution in [2.75, 3.05) is 6.54 Å². The first-order chi connectivity index (χ1) is 20.0. The van der Waals surface area contributed by atoms with Gasteiger partial charge in [0.25, 0.3) is 5.91 Å². The van der Waals surface area contributed by atoms with Gasteiger partial charge in [-0.2, -0.15) is 0 Å². The third-order valence-corrected chi connectivity index (χ3v) is 11.8. The highest BCUT2D eigenvalue weighted by Gasteiger charge is 2.57.